The van der Waals surface area contributed by atoms with Gasteiger partial charge >= 0.3 is 5.97 Å². The quantitative estimate of drug-likeness (QED) is 0.913. The van der Waals surface area contributed by atoms with Crippen molar-refractivity contribution in [2.24, 2.45) is 0 Å². The van der Waals surface area contributed by atoms with Crippen LogP contribution in [0.25, 0.3) is 0 Å². The molecule has 18 heavy (non-hydrogen) atoms. The number of nitrogens with zero attached hydrogens (tertiary/aromatic N) is 1. The van der Waals surface area contributed by atoms with Crippen LogP contribution in [0, 0.1) is 0 Å². The molecule has 0 heterocycles. The molecule has 0 saturated carbocycles. The summed E-state index contributed by atoms with van der Waals surface area (Å²) < 4.78 is 0.747. The van der Waals surface area contributed by atoms with Gasteiger partial charge in [0, 0.05) is 11.4 Å². The average molecular weight is 314 g/mol. The molecular formula is C12H12BrNO4. The summed E-state index contributed by atoms with van der Waals surface area (Å²) in [7, 11) is 0. The molecule has 0 radical (unpaired) electrons. The highest BCUT2D eigenvalue weighted by atomic mass is 79.9. The first kappa shape index (κ1) is 14.4. The largest absolute Gasteiger partial charge is 0.480 e. The molecule has 0 aliphatic carbocycles. The summed E-state index contributed by atoms with van der Waals surface area (Å²) in [5.74, 6) is -2.32. The van der Waals surface area contributed by atoms with Gasteiger partial charge in [-0.05, 0) is 11.6 Å². The van der Waals surface area contributed by atoms with E-state index in [1.807, 2.05) is 0 Å². The van der Waals surface area contributed by atoms with Gasteiger partial charge in [-0.25, -0.2) is 0 Å². The Hall–Kier alpha value is -1.69. The maximum atomic E-state index is 11.9. The van der Waals surface area contributed by atoms with Crippen molar-refractivity contribution in [1.82, 2.24) is 4.90 Å². The predicted octanol–water partition coefficient (Wildman–Crippen LogP) is 1.45. The van der Waals surface area contributed by atoms with Crippen LogP contribution in [-0.4, -0.2) is 34.3 Å². The van der Waals surface area contributed by atoms with Crippen molar-refractivity contribution < 1.29 is 19.5 Å². The third kappa shape index (κ3) is 3.96. The minimum atomic E-state index is -1.22. The van der Waals surface area contributed by atoms with Gasteiger partial charge in [0.05, 0.1) is 6.42 Å². The Labute approximate surface area is 113 Å². The molecule has 0 saturated heterocycles. The van der Waals surface area contributed by atoms with Gasteiger partial charge in [0.25, 0.3) is 0 Å². The first-order valence-corrected chi connectivity index (χ1v) is 5.97. The van der Waals surface area contributed by atoms with Crippen molar-refractivity contribution in [3.63, 3.8) is 0 Å². The molecule has 0 aliphatic rings. The van der Waals surface area contributed by atoms with E-state index in [1.165, 1.54) is 6.92 Å². The summed E-state index contributed by atoms with van der Waals surface area (Å²) in [6.45, 7) is 0.555. The van der Waals surface area contributed by atoms with Crippen LogP contribution in [0.5, 0.6) is 0 Å². The van der Waals surface area contributed by atoms with Crippen LogP contribution in [0.3, 0.4) is 0 Å². The molecule has 1 N–H and O–H groups in total. The number of aliphatic carboxylic acids is 1. The maximum absolute atomic E-state index is 11.9. The number of hydrogen-bond acceptors (Lipinski definition) is 3. The van der Waals surface area contributed by atoms with E-state index in [4.69, 9.17) is 5.11 Å². The number of carbonyl (C=O) groups is 3. The molecule has 1 rings (SSSR count). The van der Waals surface area contributed by atoms with E-state index in [2.05, 4.69) is 15.9 Å². The molecule has 1 aromatic rings. The molecule has 6 heteroatoms. The van der Waals surface area contributed by atoms with E-state index in [9.17, 15) is 14.4 Å². The van der Waals surface area contributed by atoms with Crippen molar-refractivity contribution in [3.8, 4) is 0 Å². The third-order valence-corrected chi connectivity index (χ3v) is 3.05. The zero-order chi connectivity index (χ0) is 13.7. The van der Waals surface area contributed by atoms with Crippen LogP contribution in [0.15, 0.2) is 28.7 Å². The number of carboxylic acids is 1. The van der Waals surface area contributed by atoms with E-state index in [0.717, 1.165) is 9.37 Å². The molecule has 96 valence electrons. The van der Waals surface area contributed by atoms with Gasteiger partial charge in [-0.15, -0.1) is 0 Å². The van der Waals surface area contributed by atoms with Crippen molar-refractivity contribution in [1.29, 1.82) is 0 Å². The average Bonchev–Trinajstić information content (AvgIpc) is 2.28. The van der Waals surface area contributed by atoms with Gasteiger partial charge in [-0.3, -0.25) is 19.3 Å². The lowest BCUT2D eigenvalue weighted by Gasteiger charge is -2.17. The Morgan fingerprint density at radius 3 is 2.39 bits per heavy atom. The lowest BCUT2D eigenvalue weighted by Crippen LogP contribution is -2.40. The highest BCUT2D eigenvalue weighted by molar-refractivity contribution is 9.10. The highest BCUT2D eigenvalue weighted by Crippen LogP contribution is 2.17. The van der Waals surface area contributed by atoms with Gasteiger partial charge < -0.3 is 5.11 Å². The first-order valence-electron chi connectivity index (χ1n) is 5.18. The molecule has 0 spiro atoms. The first-order chi connectivity index (χ1) is 8.41. The molecule has 0 fully saturated rings. The number of hydrogen-bond donors (Lipinski definition) is 1. The third-order valence-electron chi connectivity index (χ3n) is 2.27. The molecule has 0 aliphatic heterocycles. The van der Waals surface area contributed by atoms with Gasteiger partial charge in [-0.2, -0.15) is 0 Å². The van der Waals surface area contributed by atoms with Crippen LogP contribution in [0.2, 0.25) is 0 Å². The predicted molar refractivity (Wildman–Crippen MR) is 67.9 cm³/mol. The van der Waals surface area contributed by atoms with Crippen LogP contribution in [0.1, 0.15) is 12.5 Å². The second-order valence-electron chi connectivity index (χ2n) is 3.66. The number of rotatable bonds is 4. The van der Waals surface area contributed by atoms with Crippen LogP contribution in [-0.2, 0) is 20.8 Å². The Kier molecular flexibility index (Phi) is 5.03. The van der Waals surface area contributed by atoms with E-state index in [1.54, 1.807) is 24.3 Å². The Morgan fingerprint density at radius 1 is 1.28 bits per heavy atom. The molecule has 0 aromatic heterocycles. The fourth-order valence-corrected chi connectivity index (χ4v) is 1.84. The topological polar surface area (TPSA) is 74.7 Å². The molecule has 2 amide bonds. The summed E-state index contributed by atoms with van der Waals surface area (Å²) in [5.41, 5.74) is 0.708. The van der Waals surface area contributed by atoms with E-state index >= 15 is 0 Å². The number of carboxylic acid groups (broad SMARTS) is 1. The lowest BCUT2D eigenvalue weighted by atomic mass is 10.1. The Balaban J connectivity index is 2.82. The van der Waals surface area contributed by atoms with Crippen molar-refractivity contribution in [2.75, 3.05) is 6.54 Å². The fraction of sp³-hybridized carbons (Fsp3) is 0.250. The van der Waals surface area contributed by atoms with Crippen LogP contribution < -0.4 is 0 Å². The zero-order valence-corrected chi connectivity index (χ0v) is 11.3. The summed E-state index contributed by atoms with van der Waals surface area (Å²) >= 11 is 3.29. The number of benzene rings is 1. The molecule has 5 nitrogen and oxygen atoms in total. The summed E-state index contributed by atoms with van der Waals surface area (Å²) in [6.07, 6.45) is -0.0196. The monoisotopic (exact) mass is 313 g/mol. The molecular weight excluding hydrogens is 302 g/mol. The van der Waals surface area contributed by atoms with Gasteiger partial charge in [0.1, 0.15) is 6.54 Å². The number of imide groups is 1. The standard InChI is InChI=1S/C12H12BrNO4/c1-8(15)14(7-12(17)18)11(16)6-9-4-2-3-5-10(9)13/h2-5H,6-7H2,1H3,(H,17,18). The number of amides is 2. The molecule has 0 bridgehead atoms. The number of halogens is 1. The molecule has 0 unspecified atom stereocenters. The lowest BCUT2D eigenvalue weighted by molar-refractivity contribution is -0.151. The van der Waals surface area contributed by atoms with Crippen molar-refractivity contribution in [2.45, 2.75) is 13.3 Å². The highest BCUT2D eigenvalue weighted by Gasteiger charge is 2.21. The van der Waals surface area contributed by atoms with Crippen LogP contribution in [0.4, 0.5) is 0 Å². The summed E-state index contributed by atoms with van der Waals surface area (Å²) in [5, 5.41) is 8.65. The summed E-state index contributed by atoms with van der Waals surface area (Å²) in [6, 6.07) is 7.08. The normalized spacial score (nSPS) is 9.89. The zero-order valence-electron chi connectivity index (χ0n) is 9.72. The second-order valence-corrected chi connectivity index (χ2v) is 4.52. The van der Waals surface area contributed by atoms with Gasteiger partial charge in [0.2, 0.25) is 11.8 Å². The van der Waals surface area contributed by atoms with Gasteiger partial charge in [0.15, 0.2) is 0 Å². The van der Waals surface area contributed by atoms with Crippen molar-refractivity contribution in [3.05, 3.63) is 34.3 Å². The minimum Gasteiger partial charge on any atom is -0.480 e. The maximum Gasteiger partial charge on any atom is 0.323 e. The minimum absolute atomic E-state index is 0.0196. The smallest absolute Gasteiger partial charge is 0.323 e. The SMILES string of the molecule is CC(=O)N(CC(=O)O)C(=O)Cc1ccccc1Br. The van der Waals surface area contributed by atoms with Crippen molar-refractivity contribution >= 4 is 33.7 Å². The van der Waals surface area contributed by atoms with E-state index in [-0.39, 0.29) is 6.42 Å². The van der Waals surface area contributed by atoms with E-state index < -0.39 is 24.3 Å². The Morgan fingerprint density at radius 2 is 1.89 bits per heavy atom. The van der Waals surface area contributed by atoms with Gasteiger partial charge in [-0.1, -0.05) is 34.1 Å². The molecule has 1 aromatic carbocycles. The molecule has 0 atom stereocenters. The second kappa shape index (κ2) is 6.30. The van der Waals surface area contributed by atoms with Crippen LogP contribution >= 0.6 is 15.9 Å². The van der Waals surface area contributed by atoms with E-state index in [0.29, 0.717) is 5.56 Å². The number of carbonyl (C=O) groups excluding carboxylic acids is 2. The summed E-state index contributed by atoms with van der Waals surface area (Å²) in [4.78, 5) is 34.4. The Bertz CT molecular complexity index is 487. The fourth-order valence-electron chi connectivity index (χ4n) is 1.41.